The molecule has 0 radical (unpaired) electrons. The summed E-state index contributed by atoms with van der Waals surface area (Å²) in [5.41, 5.74) is 2.23. The van der Waals surface area contributed by atoms with E-state index in [0.717, 1.165) is 45.9 Å². The van der Waals surface area contributed by atoms with Crippen LogP contribution in [0.3, 0.4) is 0 Å². The summed E-state index contributed by atoms with van der Waals surface area (Å²) in [5, 5.41) is 0.891. The highest BCUT2D eigenvalue weighted by Gasteiger charge is 2.22. The Morgan fingerprint density at radius 1 is 0.767 bits per heavy atom. The van der Waals surface area contributed by atoms with Crippen LogP contribution in [0.2, 0.25) is 0 Å². The molecule has 0 saturated carbocycles. The maximum absolute atomic E-state index is 14.1. The second kappa shape index (κ2) is 16.6. The van der Waals surface area contributed by atoms with E-state index in [1.54, 1.807) is 11.3 Å². The quantitative estimate of drug-likeness (QED) is 0.0758. The van der Waals surface area contributed by atoms with Crippen LogP contribution < -0.4 is 14.2 Å². The van der Waals surface area contributed by atoms with Gasteiger partial charge < -0.3 is 23.7 Å². The lowest BCUT2D eigenvalue weighted by Crippen LogP contribution is -2.33. The van der Waals surface area contributed by atoms with Crippen molar-refractivity contribution in [2.75, 3.05) is 53.0 Å². The van der Waals surface area contributed by atoms with Gasteiger partial charge in [0.2, 0.25) is 0 Å². The third-order valence-electron chi connectivity index (χ3n) is 7.27. The SMILES string of the molecule is CCOCOc1ccc(-c2sc3cc(OCOCC)ccc3c2C(=O)c2ccc(OCCN3CCCCC3)cc2)cc1.Cl. The number of ether oxygens (including phenoxy) is 5. The molecular formula is C34H40ClNO6S. The summed E-state index contributed by atoms with van der Waals surface area (Å²) in [6.45, 7) is 9.28. The van der Waals surface area contributed by atoms with Crippen molar-refractivity contribution >= 4 is 39.6 Å². The molecule has 1 aliphatic heterocycles. The number of likely N-dealkylation sites (tertiary alicyclic amines) is 1. The van der Waals surface area contributed by atoms with Crippen LogP contribution >= 0.6 is 23.7 Å². The zero-order valence-electron chi connectivity index (χ0n) is 24.8. The predicted octanol–water partition coefficient (Wildman–Crippen LogP) is 7.83. The fourth-order valence-corrected chi connectivity index (χ4v) is 6.24. The van der Waals surface area contributed by atoms with E-state index in [1.165, 1.54) is 19.3 Å². The molecule has 0 N–H and O–H groups in total. The fourth-order valence-electron chi connectivity index (χ4n) is 5.01. The molecule has 1 aliphatic rings. The topological polar surface area (TPSA) is 66.5 Å². The number of hydrogen-bond acceptors (Lipinski definition) is 8. The minimum Gasteiger partial charge on any atom is -0.492 e. The molecule has 1 fully saturated rings. The molecule has 0 atom stereocenters. The standard InChI is InChI=1S/C34H39NO6S.ClH/c1-3-37-23-40-28-14-10-26(11-15-28)34-32(30-17-16-29(22-31(30)42-34)41-24-38-4-2)33(36)25-8-12-27(13-9-25)39-21-20-35-18-6-5-7-19-35;/h8-17,22H,3-7,18-21,23-24H2,1-2H3;1H. The number of halogens is 1. The summed E-state index contributed by atoms with van der Waals surface area (Å²) in [6, 6.07) is 21.1. The van der Waals surface area contributed by atoms with Gasteiger partial charge in [0, 0.05) is 45.8 Å². The van der Waals surface area contributed by atoms with Gasteiger partial charge in [-0.25, -0.2) is 0 Å². The summed E-state index contributed by atoms with van der Waals surface area (Å²) in [5.74, 6) is 2.16. The van der Waals surface area contributed by atoms with Crippen molar-refractivity contribution < 1.29 is 28.5 Å². The first-order valence-electron chi connectivity index (χ1n) is 14.7. The molecule has 1 saturated heterocycles. The van der Waals surface area contributed by atoms with E-state index < -0.39 is 0 Å². The van der Waals surface area contributed by atoms with E-state index in [2.05, 4.69) is 4.90 Å². The molecule has 7 nitrogen and oxygen atoms in total. The second-order valence-corrected chi connectivity index (χ2v) is 11.2. The largest absolute Gasteiger partial charge is 0.492 e. The van der Waals surface area contributed by atoms with Gasteiger partial charge in [-0.05, 0) is 112 Å². The van der Waals surface area contributed by atoms with Gasteiger partial charge >= 0.3 is 0 Å². The number of piperidine rings is 1. The van der Waals surface area contributed by atoms with Crippen LogP contribution in [0, 0.1) is 0 Å². The average Bonchev–Trinajstić information content (AvgIpc) is 3.41. The molecule has 3 aromatic carbocycles. The highest BCUT2D eigenvalue weighted by atomic mass is 35.5. The van der Waals surface area contributed by atoms with Crippen LogP contribution in [0.1, 0.15) is 49.0 Å². The number of ketones is 1. The van der Waals surface area contributed by atoms with Gasteiger partial charge in [0.05, 0.1) is 0 Å². The van der Waals surface area contributed by atoms with Crippen molar-refractivity contribution in [1.82, 2.24) is 4.90 Å². The van der Waals surface area contributed by atoms with Crippen LogP contribution in [0.5, 0.6) is 17.2 Å². The number of carbonyl (C=O) groups is 1. The smallest absolute Gasteiger partial charge is 0.195 e. The molecule has 230 valence electrons. The maximum Gasteiger partial charge on any atom is 0.195 e. The Labute approximate surface area is 264 Å². The maximum atomic E-state index is 14.1. The Balaban J connectivity index is 0.00000423. The van der Waals surface area contributed by atoms with E-state index in [1.807, 2.05) is 80.6 Å². The average molecular weight is 626 g/mol. The number of carbonyl (C=O) groups excluding carboxylic acids is 1. The van der Waals surface area contributed by atoms with Crippen LogP contribution in [-0.4, -0.2) is 63.7 Å². The zero-order valence-corrected chi connectivity index (χ0v) is 26.5. The van der Waals surface area contributed by atoms with Gasteiger partial charge in [-0.3, -0.25) is 9.69 Å². The van der Waals surface area contributed by atoms with Gasteiger partial charge in [-0.2, -0.15) is 0 Å². The highest BCUT2D eigenvalue weighted by Crippen LogP contribution is 2.41. The first-order chi connectivity index (χ1) is 20.7. The second-order valence-electron chi connectivity index (χ2n) is 10.1. The van der Waals surface area contributed by atoms with Gasteiger partial charge in [0.25, 0.3) is 0 Å². The molecule has 0 bridgehead atoms. The molecule has 4 aromatic rings. The summed E-state index contributed by atoms with van der Waals surface area (Å²) in [4.78, 5) is 17.4. The van der Waals surface area contributed by atoms with E-state index in [-0.39, 0.29) is 31.8 Å². The Morgan fingerprint density at radius 2 is 1.37 bits per heavy atom. The lowest BCUT2D eigenvalue weighted by atomic mass is 9.97. The molecule has 9 heteroatoms. The first kappa shape index (κ1) is 32.8. The van der Waals surface area contributed by atoms with Gasteiger partial charge in [-0.15, -0.1) is 23.7 Å². The number of benzene rings is 3. The monoisotopic (exact) mass is 625 g/mol. The Kier molecular flexibility index (Phi) is 12.7. The summed E-state index contributed by atoms with van der Waals surface area (Å²) in [7, 11) is 0. The Morgan fingerprint density at radius 3 is 2.05 bits per heavy atom. The van der Waals surface area contributed by atoms with Crippen molar-refractivity contribution in [1.29, 1.82) is 0 Å². The molecule has 2 heterocycles. The fraction of sp³-hybridized carbons (Fsp3) is 0.382. The first-order valence-corrected chi connectivity index (χ1v) is 15.6. The summed E-state index contributed by atoms with van der Waals surface area (Å²) >= 11 is 1.57. The zero-order chi connectivity index (χ0) is 29.1. The Hall–Kier alpha value is -3.14. The third kappa shape index (κ3) is 8.71. The van der Waals surface area contributed by atoms with Crippen molar-refractivity contribution in [3.8, 4) is 27.7 Å². The predicted molar refractivity (Wildman–Crippen MR) is 174 cm³/mol. The number of thiophene rings is 1. The minimum atomic E-state index is -0.0317. The van der Waals surface area contributed by atoms with Crippen LogP contribution in [-0.2, 0) is 9.47 Å². The molecule has 0 aliphatic carbocycles. The third-order valence-corrected chi connectivity index (χ3v) is 8.47. The van der Waals surface area contributed by atoms with E-state index in [9.17, 15) is 4.79 Å². The minimum absolute atomic E-state index is 0. The van der Waals surface area contributed by atoms with Crippen LogP contribution in [0.15, 0.2) is 66.7 Å². The van der Waals surface area contributed by atoms with E-state index >= 15 is 0 Å². The molecule has 0 spiro atoms. The molecule has 5 rings (SSSR count). The number of fused-ring (bicyclic) bond motifs is 1. The van der Waals surface area contributed by atoms with Gasteiger partial charge in [0.1, 0.15) is 23.9 Å². The van der Waals surface area contributed by atoms with E-state index in [4.69, 9.17) is 23.7 Å². The number of nitrogens with zero attached hydrogens (tertiary/aromatic N) is 1. The lowest BCUT2D eigenvalue weighted by Gasteiger charge is -2.26. The highest BCUT2D eigenvalue weighted by molar-refractivity contribution is 7.22. The van der Waals surface area contributed by atoms with Crippen LogP contribution in [0.25, 0.3) is 20.5 Å². The van der Waals surface area contributed by atoms with Crippen molar-refractivity contribution in [3.05, 3.63) is 77.9 Å². The number of hydrogen-bond donors (Lipinski definition) is 0. The van der Waals surface area contributed by atoms with Crippen molar-refractivity contribution in [2.45, 2.75) is 33.1 Å². The Bertz CT molecular complexity index is 1430. The van der Waals surface area contributed by atoms with Gasteiger partial charge in [-0.1, -0.05) is 6.42 Å². The van der Waals surface area contributed by atoms with Crippen molar-refractivity contribution in [3.63, 3.8) is 0 Å². The molecule has 0 amide bonds. The van der Waals surface area contributed by atoms with Crippen molar-refractivity contribution in [2.24, 2.45) is 0 Å². The lowest BCUT2D eigenvalue weighted by molar-refractivity contribution is 0.0222. The van der Waals surface area contributed by atoms with Gasteiger partial charge in [0.15, 0.2) is 19.4 Å². The molecular weight excluding hydrogens is 586 g/mol. The molecule has 43 heavy (non-hydrogen) atoms. The summed E-state index contributed by atoms with van der Waals surface area (Å²) < 4.78 is 29.0. The molecule has 1 aromatic heterocycles. The summed E-state index contributed by atoms with van der Waals surface area (Å²) in [6.07, 6.45) is 3.86. The number of rotatable bonds is 15. The van der Waals surface area contributed by atoms with E-state index in [0.29, 0.717) is 42.4 Å². The molecule has 0 unspecified atom stereocenters. The van der Waals surface area contributed by atoms with Crippen LogP contribution in [0.4, 0.5) is 0 Å². The normalized spacial score (nSPS) is 13.4.